The average molecular weight is 640 g/mol. The van der Waals surface area contributed by atoms with Crippen molar-refractivity contribution < 1.29 is 37.0 Å². The maximum absolute atomic E-state index is 14.5. The van der Waals surface area contributed by atoms with E-state index in [-0.39, 0.29) is 48.9 Å². The van der Waals surface area contributed by atoms with E-state index in [2.05, 4.69) is 20.7 Å². The number of allylic oxidation sites excluding steroid dienone is 1. The van der Waals surface area contributed by atoms with Gasteiger partial charge in [-0.1, -0.05) is 6.08 Å². The van der Waals surface area contributed by atoms with Crippen molar-refractivity contribution >= 4 is 34.5 Å². The van der Waals surface area contributed by atoms with Crippen LogP contribution < -0.4 is 26.2 Å². The standard InChI is InChI=1S/C32H32F3N5O6/c1-36-28(41)9-5-4-7-25(38-32(44)45-3)30(42)37-26-8-6-12-40(31(26)43)17-23-14-20-13-22(34)16-27(29(20)39(23)2)46-18-19-10-11-21(33)15-24(19)35/h5-6,8-16,25H,4,7,17-18H2,1-3H3,(H,36,41)(H,37,42)(H,38,44)/b9-5+/t25-/m0/s1. The van der Waals surface area contributed by atoms with Crippen molar-refractivity contribution in [3.8, 4) is 5.75 Å². The van der Waals surface area contributed by atoms with Crippen LogP contribution in [0.25, 0.3) is 10.9 Å². The van der Waals surface area contributed by atoms with E-state index in [0.717, 1.165) is 25.3 Å². The second kappa shape index (κ2) is 15.0. The number of fused-ring (bicyclic) bond motifs is 1. The van der Waals surface area contributed by atoms with Gasteiger partial charge in [0.25, 0.3) is 5.56 Å². The smallest absolute Gasteiger partial charge is 0.407 e. The molecule has 4 aromatic rings. The van der Waals surface area contributed by atoms with E-state index in [4.69, 9.17) is 4.74 Å². The summed E-state index contributed by atoms with van der Waals surface area (Å²) in [5, 5.41) is 7.87. The SMILES string of the molecule is CNC(=O)/C=C/CC[C@H](NC(=O)OC)C(=O)Nc1cccn(Cc2cc3cc(F)cc(OCc4ccc(F)cc4F)c3n2C)c1=O. The van der Waals surface area contributed by atoms with E-state index >= 15 is 0 Å². The lowest BCUT2D eigenvalue weighted by Gasteiger charge is -2.17. The maximum Gasteiger partial charge on any atom is 0.407 e. The number of carbonyl (C=O) groups is 3. The molecule has 1 atom stereocenters. The van der Waals surface area contributed by atoms with Gasteiger partial charge in [-0.25, -0.2) is 18.0 Å². The highest BCUT2D eigenvalue weighted by Crippen LogP contribution is 2.31. The molecule has 0 saturated heterocycles. The number of carbonyl (C=O) groups excluding carboxylic acids is 3. The molecular formula is C32H32F3N5O6. The van der Waals surface area contributed by atoms with E-state index < -0.39 is 41.1 Å². The molecule has 14 heteroatoms. The Morgan fingerprint density at radius 2 is 1.83 bits per heavy atom. The van der Waals surface area contributed by atoms with Gasteiger partial charge >= 0.3 is 6.09 Å². The van der Waals surface area contributed by atoms with Crippen molar-refractivity contribution in [1.29, 1.82) is 0 Å². The molecule has 0 aliphatic heterocycles. The molecule has 0 aliphatic carbocycles. The van der Waals surface area contributed by atoms with Crippen LogP contribution in [-0.4, -0.2) is 47.2 Å². The normalized spacial score (nSPS) is 11.8. The topological polar surface area (TPSA) is 133 Å². The zero-order chi connectivity index (χ0) is 33.4. The summed E-state index contributed by atoms with van der Waals surface area (Å²) in [6, 6.07) is 9.08. The number of nitrogens with zero attached hydrogens (tertiary/aromatic N) is 2. The van der Waals surface area contributed by atoms with Crippen molar-refractivity contribution in [2.24, 2.45) is 7.05 Å². The third kappa shape index (κ3) is 8.14. The Hall–Kier alpha value is -5.53. The van der Waals surface area contributed by atoms with E-state index in [1.807, 2.05) is 0 Å². The molecule has 3 N–H and O–H groups in total. The molecule has 0 aliphatic rings. The Morgan fingerprint density at radius 1 is 1.04 bits per heavy atom. The molecule has 0 unspecified atom stereocenters. The Kier molecular flexibility index (Phi) is 10.9. The predicted molar refractivity (Wildman–Crippen MR) is 164 cm³/mol. The summed E-state index contributed by atoms with van der Waals surface area (Å²) in [5.74, 6) is -3.00. The molecule has 3 amide bonds. The van der Waals surface area contributed by atoms with Crippen molar-refractivity contribution in [3.05, 3.63) is 106 Å². The molecule has 0 fully saturated rings. The van der Waals surface area contributed by atoms with Gasteiger partial charge in [0.15, 0.2) is 0 Å². The van der Waals surface area contributed by atoms with E-state index in [1.54, 1.807) is 29.8 Å². The minimum atomic E-state index is -1.08. The lowest BCUT2D eigenvalue weighted by molar-refractivity contribution is -0.118. The third-order valence-corrected chi connectivity index (χ3v) is 7.10. The summed E-state index contributed by atoms with van der Waals surface area (Å²) in [7, 11) is 4.31. The molecule has 0 radical (unpaired) electrons. The molecule has 4 rings (SSSR count). The largest absolute Gasteiger partial charge is 0.486 e. The van der Waals surface area contributed by atoms with Gasteiger partial charge in [-0.3, -0.25) is 14.4 Å². The van der Waals surface area contributed by atoms with Gasteiger partial charge in [0.2, 0.25) is 11.8 Å². The molecule has 0 saturated carbocycles. The molecule has 2 heterocycles. The second-order valence-corrected chi connectivity index (χ2v) is 10.2. The monoisotopic (exact) mass is 639 g/mol. The van der Waals surface area contributed by atoms with Gasteiger partial charge in [0.05, 0.1) is 19.2 Å². The molecular weight excluding hydrogens is 607 g/mol. The molecule has 2 aromatic carbocycles. The van der Waals surface area contributed by atoms with Gasteiger partial charge < -0.3 is 34.6 Å². The number of aryl methyl sites for hydroxylation is 1. The summed E-state index contributed by atoms with van der Waals surface area (Å²) in [4.78, 5) is 49.7. The van der Waals surface area contributed by atoms with Crippen LogP contribution in [-0.2, 0) is 34.5 Å². The lowest BCUT2D eigenvalue weighted by atomic mass is 10.1. The first-order chi connectivity index (χ1) is 22.0. The fourth-order valence-electron chi connectivity index (χ4n) is 4.70. The van der Waals surface area contributed by atoms with Gasteiger partial charge in [-0.15, -0.1) is 0 Å². The number of anilines is 1. The van der Waals surface area contributed by atoms with Crippen LogP contribution >= 0.6 is 0 Å². The molecule has 46 heavy (non-hydrogen) atoms. The number of halogens is 3. The fourth-order valence-corrected chi connectivity index (χ4v) is 4.70. The molecule has 0 bridgehead atoms. The summed E-state index contributed by atoms with van der Waals surface area (Å²) in [6.07, 6.45) is 3.88. The van der Waals surface area contributed by atoms with Crippen LogP contribution in [0.15, 0.2) is 71.7 Å². The highest BCUT2D eigenvalue weighted by atomic mass is 19.1. The average Bonchev–Trinajstić information content (AvgIpc) is 3.33. The molecule has 2 aromatic heterocycles. The van der Waals surface area contributed by atoms with Gasteiger partial charge in [0, 0.05) is 49.1 Å². The number of hydrogen-bond acceptors (Lipinski definition) is 6. The van der Waals surface area contributed by atoms with E-state index in [9.17, 15) is 32.3 Å². The number of rotatable bonds is 12. The number of alkyl carbamates (subject to hydrolysis) is 1. The number of likely N-dealkylation sites (N-methyl/N-ethyl adjacent to an activating group) is 1. The number of hydrogen-bond donors (Lipinski definition) is 3. The Morgan fingerprint density at radius 3 is 2.54 bits per heavy atom. The van der Waals surface area contributed by atoms with Crippen molar-refractivity contribution in [2.45, 2.75) is 32.0 Å². The summed E-state index contributed by atoms with van der Waals surface area (Å²) in [5.41, 5.74) is 0.547. The number of pyridine rings is 1. The van der Waals surface area contributed by atoms with Gasteiger partial charge in [0.1, 0.15) is 41.5 Å². The first-order valence-corrected chi connectivity index (χ1v) is 14.1. The number of benzene rings is 2. The van der Waals surface area contributed by atoms with Crippen molar-refractivity contribution in [3.63, 3.8) is 0 Å². The lowest BCUT2D eigenvalue weighted by Crippen LogP contribution is -2.44. The quantitative estimate of drug-likeness (QED) is 0.200. The fraction of sp³-hybridized carbons (Fsp3) is 0.250. The minimum absolute atomic E-state index is 0.0233. The third-order valence-electron chi connectivity index (χ3n) is 7.10. The second-order valence-electron chi connectivity index (χ2n) is 10.2. The van der Waals surface area contributed by atoms with Crippen LogP contribution in [0.2, 0.25) is 0 Å². The minimum Gasteiger partial charge on any atom is -0.486 e. The number of ether oxygens (including phenoxy) is 2. The highest BCUT2D eigenvalue weighted by molar-refractivity contribution is 5.96. The van der Waals surface area contributed by atoms with Crippen LogP contribution in [0, 0.1) is 17.5 Å². The first-order valence-electron chi connectivity index (χ1n) is 14.1. The van der Waals surface area contributed by atoms with E-state index in [0.29, 0.717) is 16.6 Å². The van der Waals surface area contributed by atoms with Crippen LogP contribution in [0.5, 0.6) is 5.75 Å². The molecule has 0 spiro atoms. The predicted octanol–water partition coefficient (Wildman–Crippen LogP) is 4.13. The molecule has 242 valence electrons. The van der Waals surface area contributed by atoms with Gasteiger partial charge in [-0.05, 0) is 55.3 Å². The van der Waals surface area contributed by atoms with Crippen molar-refractivity contribution in [2.75, 3.05) is 19.5 Å². The van der Waals surface area contributed by atoms with Gasteiger partial charge in [-0.2, -0.15) is 0 Å². The number of methoxy groups -OCH3 is 1. The zero-order valence-corrected chi connectivity index (χ0v) is 25.2. The summed E-state index contributed by atoms with van der Waals surface area (Å²) in [6.45, 7) is -0.252. The summed E-state index contributed by atoms with van der Waals surface area (Å²) >= 11 is 0. The molecule has 11 nitrogen and oxygen atoms in total. The Balaban J connectivity index is 1.54. The van der Waals surface area contributed by atoms with Crippen LogP contribution in [0.3, 0.4) is 0 Å². The number of nitrogens with one attached hydrogen (secondary N) is 3. The maximum atomic E-state index is 14.5. The Bertz CT molecular complexity index is 1850. The number of aromatic nitrogens is 2. The zero-order valence-electron chi connectivity index (χ0n) is 25.2. The van der Waals surface area contributed by atoms with Crippen LogP contribution in [0.4, 0.5) is 23.7 Å². The number of amides is 3. The Labute approximate surface area is 261 Å². The first kappa shape index (κ1) is 33.4. The van der Waals surface area contributed by atoms with E-state index in [1.165, 1.54) is 42.1 Å². The van der Waals surface area contributed by atoms with Crippen LogP contribution in [0.1, 0.15) is 24.1 Å². The van der Waals surface area contributed by atoms with Crippen molar-refractivity contribution in [1.82, 2.24) is 19.8 Å². The highest BCUT2D eigenvalue weighted by Gasteiger charge is 2.22. The summed E-state index contributed by atoms with van der Waals surface area (Å²) < 4.78 is 55.3.